The highest BCUT2D eigenvalue weighted by Gasteiger charge is 2.38. The van der Waals surface area contributed by atoms with Gasteiger partial charge in [0.2, 0.25) is 0 Å². The number of hydrogen-bond donors (Lipinski definition) is 2. The molecule has 30 heavy (non-hydrogen) atoms. The van der Waals surface area contributed by atoms with Gasteiger partial charge in [0.1, 0.15) is 17.0 Å². The van der Waals surface area contributed by atoms with E-state index in [1.807, 2.05) is 0 Å². The number of anilines is 1. The van der Waals surface area contributed by atoms with Gasteiger partial charge in [0.05, 0.1) is 35.6 Å². The minimum Gasteiger partial charge on any atom is -0.376 e. The minimum atomic E-state index is -0.836. The monoisotopic (exact) mass is 432 g/mol. The predicted molar refractivity (Wildman–Crippen MR) is 106 cm³/mol. The molecule has 156 valence electrons. The Hall–Kier alpha value is -3.22. The lowest BCUT2D eigenvalue weighted by Gasteiger charge is -2.38. The maximum Gasteiger partial charge on any atom is 0.294 e. The van der Waals surface area contributed by atoms with Crippen molar-refractivity contribution >= 4 is 34.9 Å². The minimum absolute atomic E-state index is 0.00339. The predicted octanol–water partition coefficient (Wildman–Crippen LogP) is 2.34. The first kappa shape index (κ1) is 21.5. The molecular weight excluding hydrogens is 415 g/mol. The molecule has 0 bridgehead atoms. The first-order chi connectivity index (χ1) is 14.1. The zero-order chi connectivity index (χ0) is 22.2. The van der Waals surface area contributed by atoms with Crippen LogP contribution < -0.4 is 10.6 Å². The van der Waals surface area contributed by atoms with Crippen LogP contribution in [0.4, 0.5) is 10.1 Å². The number of hydrogen-bond acceptors (Lipinski definition) is 5. The summed E-state index contributed by atoms with van der Waals surface area (Å²) in [5.41, 5.74) is -0.473. The van der Waals surface area contributed by atoms with Crippen LogP contribution in [-0.4, -0.2) is 40.9 Å². The van der Waals surface area contributed by atoms with Crippen LogP contribution in [0, 0.1) is 24.1 Å². The molecule has 1 aliphatic heterocycles. The number of nitriles is 1. The van der Waals surface area contributed by atoms with E-state index < -0.39 is 29.0 Å². The molecule has 2 heterocycles. The summed E-state index contributed by atoms with van der Waals surface area (Å²) in [6.07, 6.45) is 0. The highest BCUT2D eigenvalue weighted by Crippen LogP contribution is 2.28. The third kappa shape index (κ3) is 3.79. The lowest BCUT2D eigenvalue weighted by Crippen LogP contribution is -2.61. The zero-order valence-corrected chi connectivity index (χ0v) is 17.2. The molecule has 0 saturated carbocycles. The van der Waals surface area contributed by atoms with Crippen LogP contribution >= 0.6 is 11.6 Å². The van der Waals surface area contributed by atoms with Crippen LogP contribution in [-0.2, 0) is 16.6 Å². The molecule has 2 amide bonds. The normalized spacial score (nSPS) is 14.4. The van der Waals surface area contributed by atoms with Crippen molar-refractivity contribution in [1.29, 1.82) is 5.26 Å². The topological polar surface area (TPSA) is 113 Å². The van der Waals surface area contributed by atoms with E-state index in [1.165, 1.54) is 30.7 Å². The number of Topliss-reactive ketones (excluding diaryl/α,β-unsaturated/α-hetero) is 1. The molecule has 3 rings (SSSR count). The first-order valence-electron chi connectivity index (χ1n) is 8.88. The van der Waals surface area contributed by atoms with Crippen molar-refractivity contribution in [2.24, 2.45) is 7.05 Å². The van der Waals surface area contributed by atoms with Gasteiger partial charge < -0.3 is 19.9 Å². The maximum absolute atomic E-state index is 13.5. The molecule has 0 unspecified atom stereocenters. The lowest BCUT2D eigenvalue weighted by molar-refractivity contribution is -0.126. The van der Waals surface area contributed by atoms with Crippen LogP contribution in [0.15, 0.2) is 18.2 Å². The highest BCUT2D eigenvalue weighted by molar-refractivity contribution is 6.44. The largest absolute Gasteiger partial charge is 0.376 e. The number of ketones is 1. The molecule has 0 spiro atoms. The molecule has 1 aromatic heterocycles. The summed E-state index contributed by atoms with van der Waals surface area (Å²) in [5, 5.41) is 14.0. The number of benzene rings is 1. The Morgan fingerprint density at radius 3 is 2.57 bits per heavy atom. The molecule has 1 fully saturated rings. The molecule has 2 N–H and O–H groups in total. The summed E-state index contributed by atoms with van der Waals surface area (Å²) >= 11 is 6.27. The van der Waals surface area contributed by atoms with Crippen LogP contribution in [0.1, 0.15) is 38.9 Å². The van der Waals surface area contributed by atoms with E-state index in [-0.39, 0.29) is 33.2 Å². The Morgan fingerprint density at radius 2 is 2.00 bits per heavy atom. The van der Waals surface area contributed by atoms with Crippen molar-refractivity contribution in [3.05, 3.63) is 51.6 Å². The van der Waals surface area contributed by atoms with E-state index in [4.69, 9.17) is 21.6 Å². The molecule has 8 nitrogen and oxygen atoms in total. The van der Waals surface area contributed by atoms with Crippen LogP contribution in [0.2, 0.25) is 5.15 Å². The van der Waals surface area contributed by atoms with Gasteiger partial charge in [0.15, 0.2) is 0 Å². The van der Waals surface area contributed by atoms with Crippen molar-refractivity contribution < 1.29 is 23.5 Å². The second-order valence-corrected chi connectivity index (χ2v) is 7.65. The van der Waals surface area contributed by atoms with Gasteiger partial charge in [0, 0.05) is 12.7 Å². The van der Waals surface area contributed by atoms with E-state index >= 15 is 0 Å². The van der Waals surface area contributed by atoms with E-state index in [0.717, 1.165) is 6.07 Å². The van der Waals surface area contributed by atoms with E-state index in [1.54, 1.807) is 13.0 Å². The van der Waals surface area contributed by atoms with Crippen molar-refractivity contribution in [3.63, 3.8) is 0 Å². The fourth-order valence-corrected chi connectivity index (χ4v) is 3.49. The van der Waals surface area contributed by atoms with Crippen molar-refractivity contribution in [3.8, 4) is 6.07 Å². The third-order valence-corrected chi connectivity index (χ3v) is 5.26. The third-order valence-electron chi connectivity index (χ3n) is 4.82. The summed E-state index contributed by atoms with van der Waals surface area (Å²) in [4.78, 5) is 37.9. The molecule has 0 radical (unpaired) electrons. The number of aromatic nitrogens is 1. The highest BCUT2D eigenvalue weighted by atomic mass is 35.5. The van der Waals surface area contributed by atoms with Crippen LogP contribution in [0.3, 0.4) is 0 Å². The van der Waals surface area contributed by atoms with Crippen LogP contribution in [0.25, 0.3) is 0 Å². The standard InChI is InChI=1S/C20H18ClFN4O4/c1-10-14(18(28)24-12-4-5-13(22)11(6-12)7-23)17(21)26(3)15(10)16(27)19(29)25-20(2)8-30-9-20/h4-6H,8-9H2,1-3H3,(H,24,28)(H,25,29). The Balaban J connectivity index is 1.88. The molecule has 0 atom stereocenters. The van der Waals surface area contributed by atoms with Gasteiger partial charge in [-0.2, -0.15) is 5.26 Å². The number of rotatable bonds is 5. The van der Waals surface area contributed by atoms with Gasteiger partial charge >= 0.3 is 0 Å². The second-order valence-electron chi connectivity index (χ2n) is 7.30. The molecule has 10 heteroatoms. The fourth-order valence-electron chi connectivity index (χ4n) is 3.18. The molecule has 2 aromatic rings. The summed E-state index contributed by atoms with van der Waals surface area (Å²) in [6, 6.07) is 5.21. The molecular formula is C20H18ClFN4O4. The maximum atomic E-state index is 13.5. The van der Waals surface area contributed by atoms with Crippen molar-refractivity contribution in [2.45, 2.75) is 19.4 Å². The van der Waals surface area contributed by atoms with Crippen molar-refractivity contribution in [1.82, 2.24) is 9.88 Å². The Bertz CT molecular complexity index is 1110. The summed E-state index contributed by atoms with van der Waals surface area (Å²) in [7, 11) is 1.46. The number of halogens is 2. The number of carbonyl (C=O) groups excluding carboxylic acids is 3. The smallest absolute Gasteiger partial charge is 0.294 e. The summed E-state index contributed by atoms with van der Waals surface area (Å²) in [6.45, 7) is 3.86. The zero-order valence-electron chi connectivity index (χ0n) is 16.4. The average Bonchev–Trinajstić information content (AvgIpc) is 2.90. The van der Waals surface area contributed by atoms with Gasteiger partial charge in [0.25, 0.3) is 17.6 Å². The molecule has 1 saturated heterocycles. The molecule has 0 aliphatic carbocycles. The average molecular weight is 433 g/mol. The molecule has 1 aromatic carbocycles. The van der Waals surface area contributed by atoms with Crippen LogP contribution in [0.5, 0.6) is 0 Å². The summed E-state index contributed by atoms with van der Waals surface area (Å²) in [5.74, 6) is -3.04. The fraction of sp³-hybridized carbons (Fsp3) is 0.300. The van der Waals surface area contributed by atoms with E-state index in [2.05, 4.69) is 10.6 Å². The lowest BCUT2D eigenvalue weighted by atomic mass is 10.00. The van der Waals surface area contributed by atoms with Crippen molar-refractivity contribution in [2.75, 3.05) is 18.5 Å². The number of ether oxygens (including phenoxy) is 1. The number of amides is 2. The Kier molecular flexibility index (Phi) is 5.65. The van der Waals surface area contributed by atoms with Gasteiger partial charge in [-0.1, -0.05) is 11.6 Å². The van der Waals surface area contributed by atoms with Gasteiger partial charge in [-0.05, 0) is 37.6 Å². The summed E-state index contributed by atoms with van der Waals surface area (Å²) < 4.78 is 19.8. The SMILES string of the molecule is Cc1c(C(=O)Nc2ccc(F)c(C#N)c2)c(Cl)n(C)c1C(=O)C(=O)NC1(C)COC1. The quantitative estimate of drug-likeness (QED) is 0.556. The van der Waals surface area contributed by atoms with E-state index in [9.17, 15) is 18.8 Å². The molecule has 1 aliphatic rings. The van der Waals surface area contributed by atoms with Gasteiger partial charge in [-0.3, -0.25) is 14.4 Å². The second kappa shape index (κ2) is 7.89. The number of nitrogens with one attached hydrogen (secondary N) is 2. The van der Waals surface area contributed by atoms with Gasteiger partial charge in [-0.25, -0.2) is 4.39 Å². The van der Waals surface area contributed by atoms with E-state index in [0.29, 0.717) is 13.2 Å². The Labute approximate surface area is 176 Å². The first-order valence-corrected chi connectivity index (χ1v) is 9.26. The van der Waals surface area contributed by atoms with Gasteiger partial charge in [-0.15, -0.1) is 0 Å². The number of nitrogens with zero attached hydrogens (tertiary/aromatic N) is 2. The Morgan fingerprint density at radius 1 is 1.33 bits per heavy atom. The number of carbonyl (C=O) groups is 3.